The lowest BCUT2D eigenvalue weighted by molar-refractivity contribution is 0.614. The summed E-state index contributed by atoms with van der Waals surface area (Å²) in [5.74, 6) is 0.988. The Kier molecular flexibility index (Phi) is 10.8. The average Bonchev–Trinajstić information content (AvgIpc) is 3.00. The molecule has 0 heterocycles. The Bertz CT molecular complexity index is 453. The van der Waals surface area contributed by atoms with E-state index in [1.165, 1.54) is 24.8 Å². The lowest BCUT2D eigenvalue weighted by atomic mass is 10.1. The van der Waals surface area contributed by atoms with Crippen molar-refractivity contribution in [1.29, 1.82) is 0 Å². The van der Waals surface area contributed by atoms with Crippen molar-refractivity contribution in [3.8, 4) is 0 Å². The van der Waals surface area contributed by atoms with Crippen LogP contribution in [0.4, 0.5) is 0 Å². The maximum absolute atomic E-state index is 4.73. The van der Waals surface area contributed by atoms with Gasteiger partial charge < -0.3 is 10.6 Å². The Morgan fingerprint density at radius 1 is 1.26 bits per heavy atom. The first-order valence-corrected chi connectivity index (χ1v) is 9.72. The molecule has 0 saturated heterocycles. The molecule has 0 bridgehead atoms. The zero-order chi connectivity index (χ0) is 15.6. The molecule has 130 valence electrons. The van der Waals surface area contributed by atoms with Crippen molar-refractivity contribution in [2.24, 2.45) is 4.99 Å². The smallest absolute Gasteiger partial charge is 0.191 e. The lowest BCUT2D eigenvalue weighted by Crippen LogP contribution is -2.42. The first-order valence-electron chi connectivity index (χ1n) is 8.43. The normalized spacial score (nSPS) is 20.9. The molecule has 2 atom stereocenters. The van der Waals surface area contributed by atoms with Gasteiger partial charge in [0.1, 0.15) is 0 Å². The quantitative estimate of drug-likeness (QED) is 0.286. The number of hydrogen-bond acceptors (Lipinski definition) is 2. The molecule has 1 aliphatic rings. The van der Waals surface area contributed by atoms with Crippen LogP contribution < -0.4 is 10.6 Å². The van der Waals surface area contributed by atoms with Crippen LogP contribution in [-0.2, 0) is 6.42 Å². The van der Waals surface area contributed by atoms with Gasteiger partial charge in [-0.2, -0.15) is 11.8 Å². The van der Waals surface area contributed by atoms with E-state index in [-0.39, 0.29) is 24.0 Å². The van der Waals surface area contributed by atoms with Gasteiger partial charge in [0.15, 0.2) is 5.96 Å². The maximum Gasteiger partial charge on any atom is 0.191 e. The van der Waals surface area contributed by atoms with E-state index >= 15 is 0 Å². The van der Waals surface area contributed by atoms with Crippen LogP contribution in [0.2, 0.25) is 0 Å². The van der Waals surface area contributed by atoms with Gasteiger partial charge in [-0.05, 0) is 50.8 Å². The van der Waals surface area contributed by atoms with Gasteiger partial charge in [-0.3, -0.25) is 4.99 Å². The van der Waals surface area contributed by atoms with Crippen molar-refractivity contribution < 1.29 is 0 Å². The molecule has 1 saturated carbocycles. The average molecular weight is 447 g/mol. The first-order chi connectivity index (χ1) is 10.8. The fourth-order valence-electron chi connectivity index (χ4n) is 2.92. The number of nitrogens with one attached hydrogen (secondary N) is 2. The molecule has 0 spiro atoms. The molecule has 0 radical (unpaired) electrons. The lowest BCUT2D eigenvalue weighted by Gasteiger charge is -2.17. The molecule has 1 fully saturated rings. The third kappa shape index (κ3) is 7.79. The second-order valence-corrected chi connectivity index (χ2v) is 7.00. The molecule has 23 heavy (non-hydrogen) atoms. The summed E-state index contributed by atoms with van der Waals surface area (Å²) in [4.78, 5) is 4.73. The molecule has 2 rings (SSSR count). The molecule has 0 aliphatic heterocycles. The number of guanidine groups is 1. The van der Waals surface area contributed by atoms with Crippen molar-refractivity contribution in [2.75, 3.05) is 19.3 Å². The van der Waals surface area contributed by atoms with Crippen LogP contribution >= 0.6 is 35.7 Å². The van der Waals surface area contributed by atoms with E-state index in [2.05, 4.69) is 54.1 Å². The van der Waals surface area contributed by atoms with Gasteiger partial charge in [-0.1, -0.05) is 30.3 Å². The molecule has 2 unspecified atom stereocenters. The molecule has 1 aliphatic carbocycles. The zero-order valence-corrected chi connectivity index (χ0v) is 17.4. The highest BCUT2D eigenvalue weighted by atomic mass is 127. The van der Waals surface area contributed by atoms with Crippen LogP contribution in [0.25, 0.3) is 0 Å². The van der Waals surface area contributed by atoms with E-state index < -0.39 is 0 Å². The fourth-order valence-corrected chi connectivity index (χ4v) is 3.71. The van der Waals surface area contributed by atoms with Crippen LogP contribution in [0, 0.1) is 0 Å². The summed E-state index contributed by atoms with van der Waals surface area (Å²) in [6.45, 7) is 3.92. The molecular formula is C18H30IN3S. The SMILES string of the molecule is CCNC(=NCCCc1ccccc1)NC1CCC(SC)C1.I. The van der Waals surface area contributed by atoms with Gasteiger partial charge in [0.25, 0.3) is 0 Å². The van der Waals surface area contributed by atoms with Gasteiger partial charge in [0.2, 0.25) is 0 Å². The van der Waals surface area contributed by atoms with Gasteiger partial charge in [-0.15, -0.1) is 24.0 Å². The third-order valence-electron chi connectivity index (χ3n) is 4.14. The monoisotopic (exact) mass is 447 g/mol. The summed E-state index contributed by atoms with van der Waals surface area (Å²) in [5, 5.41) is 7.80. The first kappa shape index (κ1) is 20.6. The second kappa shape index (κ2) is 12.0. The van der Waals surface area contributed by atoms with Gasteiger partial charge in [0, 0.05) is 24.4 Å². The molecule has 0 aromatic heterocycles. The fraction of sp³-hybridized carbons (Fsp3) is 0.611. The topological polar surface area (TPSA) is 36.4 Å². The van der Waals surface area contributed by atoms with Crippen LogP contribution in [0.5, 0.6) is 0 Å². The highest BCUT2D eigenvalue weighted by Gasteiger charge is 2.24. The number of benzene rings is 1. The van der Waals surface area contributed by atoms with Crippen molar-refractivity contribution >= 4 is 41.7 Å². The maximum atomic E-state index is 4.73. The van der Waals surface area contributed by atoms with E-state index in [1.54, 1.807) is 0 Å². The Morgan fingerprint density at radius 3 is 2.70 bits per heavy atom. The van der Waals surface area contributed by atoms with Crippen LogP contribution in [-0.4, -0.2) is 36.6 Å². The summed E-state index contributed by atoms with van der Waals surface area (Å²) in [7, 11) is 0. The van der Waals surface area contributed by atoms with Crippen molar-refractivity contribution in [2.45, 2.75) is 50.3 Å². The predicted octanol–water partition coefficient (Wildman–Crippen LogP) is 4.08. The van der Waals surface area contributed by atoms with E-state index in [9.17, 15) is 0 Å². The highest BCUT2D eigenvalue weighted by Crippen LogP contribution is 2.27. The summed E-state index contributed by atoms with van der Waals surface area (Å²) in [5.41, 5.74) is 1.40. The number of rotatable bonds is 7. The van der Waals surface area contributed by atoms with Gasteiger partial charge >= 0.3 is 0 Å². The Labute approximate surface area is 162 Å². The summed E-state index contributed by atoms with van der Waals surface area (Å²) in [6.07, 6.45) is 8.26. The summed E-state index contributed by atoms with van der Waals surface area (Å²) in [6, 6.07) is 11.2. The van der Waals surface area contributed by atoms with E-state index in [0.717, 1.165) is 37.1 Å². The number of nitrogens with zero attached hydrogens (tertiary/aromatic N) is 1. The number of halogens is 1. The Morgan fingerprint density at radius 2 is 2.04 bits per heavy atom. The van der Waals surface area contributed by atoms with Crippen LogP contribution in [0.15, 0.2) is 35.3 Å². The highest BCUT2D eigenvalue weighted by molar-refractivity contribution is 14.0. The number of hydrogen-bond donors (Lipinski definition) is 2. The zero-order valence-electron chi connectivity index (χ0n) is 14.3. The molecular weight excluding hydrogens is 417 g/mol. The molecule has 1 aromatic carbocycles. The predicted molar refractivity (Wildman–Crippen MR) is 114 cm³/mol. The standard InChI is InChI=1S/C18H29N3S.HI/c1-3-19-18(21-16-11-12-17(14-16)22-2)20-13-7-10-15-8-5-4-6-9-15;/h4-6,8-9,16-17H,3,7,10-14H2,1-2H3,(H2,19,20,21);1H. The molecule has 0 amide bonds. The second-order valence-electron chi connectivity index (χ2n) is 5.86. The molecule has 3 nitrogen and oxygen atoms in total. The van der Waals surface area contributed by atoms with E-state index in [4.69, 9.17) is 4.99 Å². The van der Waals surface area contributed by atoms with Gasteiger partial charge in [0.05, 0.1) is 0 Å². The minimum atomic E-state index is 0. The number of aryl methyl sites for hydroxylation is 1. The van der Waals surface area contributed by atoms with Crippen molar-refractivity contribution in [3.05, 3.63) is 35.9 Å². The minimum Gasteiger partial charge on any atom is -0.357 e. The minimum absolute atomic E-state index is 0. The summed E-state index contributed by atoms with van der Waals surface area (Å²) < 4.78 is 0. The number of aliphatic imine (C=N–C) groups is 1. The Balaban J connectivity index is 0.00000264. The third-order valence-corrected chi connectivity index (χ3v) is 5.23. The summed E-state index contributed by atoms with van der Waals surface area (Å²) >= 11 is 2.00. The number of thioether (sulfide) groups is 1. The van der Waals surface area contributed by atoms with E-state index in [1.807, 2.05) is 11.8 Å². The largest absolute Gasteiger partial charge is 0.357 e. The van der Waals surface area contributed by atoms with Crippen molar-refractivity contribution in [3.63, 3.8) is 0 Å². The molecule has 1 aromatic rings. The molecule has 2 N–H and O–H groups in total. The molecule has 5 heteroatoms. The Hall–Kier alpha value is -0.430. The van der Waals surface area contributed by atoms with E-state index in [0.29, 0.717) is 6.04 Å². The van der Waals surface area contributed by atoms with Crippen molar-refractivity contribution in [1.82, 2.24) is 10.6 Å². The van der Waals surface area contributed by atoms with Gasteiger partial charge in [-0.25, -0.2) is 0 Å². The van der Waals surface area contributed by atoms with Crippen LogP contribution in [0.3, 0.4) is 0 Å². The van der Waals surface area contributed by atoms with Crippen LogP contribution in [0.1, 0.15) is 38.2 Å².